The lowest BCUT2D eigenvalue weighted by atomic mass is 9.82. The largest absolute Gasteiger partial charge is 0.481 e. The standard InChI is InChI=1S/C27H25F3N6O3/c1-26(24(38)39)8-2-11-35(15-26)25-34-21(22-23(31)33-10-12-36(22)25)17-5-3-16(4-6-17)20(37)14-19-13-18(7-9-32-19)27(28,29)30/h3-7,9-10,12-13H,2,8,11,14-15H2,1H3,(H2,31,33)(H,38,39)/t26-/m0/s1. The van der Waals surface area contributed by atoms with Crippen LogP contribution in [0.4, 0.5) is 24.9 Å². The Morgan fingerprint density at radius 1 is 1.13 bits per heavy atom. The highest BCUT2D eigenvalue weighted by Crippen LogP contribution is 2.36. The summed E-state index contributed by atoms with van der Waals surface area (Å²) in [6, 6.07) is 8.25. The number of nitrogens with two attached hydrogens (primary N) is 1. The van der Waals surface area contributed by atoms with Crippen molar-refractivity contribution in [1.29, 1.82) is 0 Å². The third-order valence-electron chi connectivity index (χ3n) is 7.03. The minimum atomic E-state index is -4.52. The number of pyridine rings is 1. The molecule has 39 heavy (non-hydrogen) atoms. The number of halogens is 3. The van der Waals surface area contributed by atoms with Gasteiger partial charge in [0.1, 0.15) is 17.0 Å². The van der Waals surface area contributed by atoms with Crippen LogP contribution in [0.15, 0.2) is 55.0 Å². The summed E-state index contributed by atoms with van der Waals surface area (Å²) >= 11 is 0. The van der Waals surface area contributed by atoms with Crippen molar-refractivity contribution in [2.45, 2.75) is 32.4 Å². The van der Waals surface area contributed by atoms with Gasteiger partial charge in [-0.05, 0) is 31.9 Å². The quantitative estimate of drug-likeness (QED) is 0.344. The Hall–Kier alpha value is -4.48. The van der Waals surface area contributed by atoms with Gasteiger partial charge in [0.2, 0.25) is 5.95 Å². The summed E-state index contributed by atoms with van der Waals surface area (Å²) in [5.74, 6) is -0.474. The molecule has 3 N–H and O–H groups in total. The Kier molecular flexibility index (Phi) is 6.49. The van der Waals surface area contributed by atoms with E-state index in [1.165, 1.54) is 0 Å². The number of carbonyl (C=O) groups excluding carboxylic acids is 1. The van der Waals surface area contributed by atoms with Gasteiger partial charge in [0.15, 0.2) is 5.78 Å². The number of piperidine rings is 1. The summed E-state index contributed by atoms with van der Waals surface area (Å²) in [6.45, 7) is 2.62. The molecular formula is C27H25F3N6O3. The van der Waals surface area contributed by atoms with Crippen LogP contribution in [0.2, 0.25) is 0 Å². The summed E-state index contributed by atoms with van der Waals surface area (Å²) in [4.78, 5) is 39.5. The summed E-state index contributed by atoms with van der Waals surface area (Å²) in [6.07, 6.45) is 0.733. The zero-order chi connectivity index (χ0) is 27.9. The maximum absolute atomic E-state index is 13.0. The molecule has 0 unspecified atom stereocenters. The first-order valence-corrected chi connectivity index (χ1v) is 12.2. The van der Waals surface area contributed by atoms with Crippen molar-refractivity contribution in [3.05, 3.63) is 71.8 Å². The lowest BCUT2D eigenvalue weighted by Crippen LogP contribution is -2.46. The zero-order valence-electron chi connectivity index (χ0n) is 20.9. The Morgan fingerprint density at radius 2 is 1.87 bits per heavy atom. The van der Waals surface area contributed by atoms with Gasteiger partial charge in [-0.25, -0.2) is 9.97 Å². The van der Waals surface area contributed by atoms with Gasteiger partial charge in [-0.1, -0.05) is 24.3 Å². The van der Waals surface area contributed by atoms with Crippen LogP contribution in [-0.2, 0) is 17.4 Å². The van der Waals surface area contributed by atoms with Crippen molar-refractivity contribution in [1.82, 2.24) is 19.4 Å². The van der Waals surface area contributed by atoms with Gasteiger partial charge in [-0.2, -0.15) is 13.2 Å². The molecule has 1 aliphatic heterocycles. The molecule has 0 saturated carbocycles. The van der Waals surface area contributed by atoms with E-state index in [1.54, 1.807) is 48.0 Å². The summed E-state index contributed by atoms with van der Waals surface area (Å²) in [5.41, 5.74) is 6.47. The van der Waals surface area contributed by atoms with Crippen molar-refractivity contribution < 1.29 is 27.9 Å². The fourth-order valence-corrected chi connectivity index (χ4v) is 4.89. The minimum Gasteiger partial charge on any atom is -0.481 e. The molecule has 0 bridgehead atoms. The SMILES string of the molecule is C[C@]1(C(=O)O)CCCN(c2nc(-c3ccc(C(=O)Cc4cc(C(F)(F)F)ccn4)cc3)c3c(N)nccn23)C1. The van der Waals surface area contributed by atoms with Gasteiger partial charge in [-0.15, -0.1) is 0 Å². The first kappa shape index (κ1) is 26.1. The van der Waals surface area contributed by atoms with Gasteiger partial charge in [-0.3, -0.25) is 19.0 Å². The lowest BCUT2D eigenvalue weighted by molar-refractivity contribution is -0.148. The predicted octanol–water partition coefficient (Wildman–Crippen LogP) is 4.51. The smallest absolute Gasteiger partial charge is 0.416 e. The number of aromatic nitrogens is 4. The average molecular weight is 539 g/mol. The van der Waals surface area contributed by atoms with Crippen molar-refractivity contribution in [3.8, 4) is 11.3 Å². The molecule has 202 valence electrons. The highest BCUT2D eigenvalue weighted by molar-refractivity contribution is 5.98. The summed E-state index contributed by atoms with van der Waals surface area (Å²) in [7, 11) is 0. The number of nitrogen functional groups attached to an aromatic ring is 1. The molecule has 0 spiro atoms. The monoisotopic (exact) mass is 538 g/mol. The van der Waals surface area contributed by atoms with Crippen molar-refractivity contribution in [2.75, 3.05) is 23.7 Å². The lowest BCUT2D eigenvalue weighted by Gasteiger charge is -2.37. The molecule has 4 aromatic rings. The molecule has 0 aliphatic carbocycles. The number of anilines is 2. The number of Topliss-reactive ketones (excluding diaryl/α,β-unsaturated/α-hetero) is 1. The molecule has 4 heterocycles. The van der Waals surface area contributed by atoms with E-state index < -0.39 is 23.1 Å². The number of hydrogen-bond donors (Lipinski definition) is 2. The van der Waals surface area contributed by atoms with E-state index in [2.05, 4.69) is 9.97 Å². The zero-order valence-corrected chi connectivity index (χ0v) is 20.9. The Labute approximate surface area is 221 Å². The fourth-order valence-electron chi connectivity index (χ4n) is 4.89. The van der Waals surface area contributed by atoms with E-state index in [1.807, 2.05) is 4.90 Å². The molecule has 3 aromatic heterocycles. The summed E-state index contributed by atoms with van der Waals surface area (Å²) < 4.78 is 40.8. The molecule has 0 radical (unpaired) electrons. The number of imidazole rings is 1. The topological polar surface area (TPSA) is 127 Å². The van der Waals surface area contributed by atoms with Crippen molar-refractivity contribution in [3.63, 3.8) is 0 Å². The molecular weight excluding hydrogens is 513 g/mol. The van der Waals surface area contributed by atoms with E-state index in [9.17, 15) is 27.9 Å². The first-order valence-electron chi connectivity index (χ1n) is 12.2. The number of aliphatic carboxylic acids is 1. The van der Waals surface area contributed by atoms with E-state index >= 15 is 0 Å². The van der Waals surface area contributed by atoms with Crippen LogP contribution in [0, 0.1) is 5.41 Å². The molecule has 1 aliphatic rings. The predicted molar refractivity (Wildman–Crippen MR) is 137 cm³/mol. The van der Waals surface area contributed by atoms with E-state index in [-0.39, 0.29) is 30.3 Å². The Bertz CT molecular complexity index is 1570. The highest BCUT2D eigenvalue weighted by Gasteiger charge is 2.39. The maximum Gasteiger partial charge on any atom is 0.416 e. The Morgan fingerprint density at radius 3 is 2.56 bits per heavy atom. The van der Waals surface area contributed by atoms with Crippen molar-refractivity contribution in [2.24, 2.45) is 5.41 Å². The van der Waals surface area contributed by atoms with E-state index in [4.69, 9.17) is 10.7 Å². The number of alkyl halides is 3. The number of fused-ring (bicyclic) bond motifs is 1. The van der Waals surface area contributed by atoms with Crippen LogP contribution in [0.25, 0.3) is 16.8 Å². The van der Waals surface area contributed by atoms with Crippen LogP contribution >= 0.6 is 0 Å². The van der Waals surface area contributed by atoms with Crippen LogP contribution in [0.5, 0.6) is 0 Å². The van der Waals surface area contributed by atoms with Gasteiger partial charge in [0.25, 0.3) is 0 Å². The second-order valence-electron chi connectivity index (χ2n) is 9.89. The second-order valence-corrected chi connectivity index (χ2v) is 9.89. The number of rotatable bonds is 6. The molecule has 12 heteroatoms. The normalized spacial score (nSPS) is 17.9. The second kappa shape index (κ2) is 9.68. The van der Waals surface area contributed by atoms with Gasteiger partial charge in [0, 0.05) is 48.5 Å². The van der Waals surface area contributed by atoms with E-state index in [0.717, 1.165) is 18.3 Å². The molecule has 5 rings (SSSR count). The highest BCUT2D eigenvalue weighted by atomic mass is 19.4. The molecule has 0 amide bonds. The third kappa shape index (κ3) is 5.01. The fraction of sp³-hybridized carbons (Fsp3) is 0.296. The molecule has 1 aromatic carbocycles. The van der Waals surface area contributed by atoms with Gasteiger partial charge < -0.3 is 15.7 Å². The van der Waals surface area contributed by atoms with Gasteiger partial charge in [0.05, 0.1) is 17.4 Å². The van der Waals surface area contributed by atoms with E-state index in [0.29, 0.717) is 47.7 Å². The van der Waals surface area contributed by atoms with Crippen LogP contribution < -0.4 is 10.6 Å². The number of carbonyl (C=O) groups is 2. The van der Waals surface area contributed by atoms with Crippen LogP contribution in [0.3, 0.4) is 0 Å². The molecule has 1 saturated heterocycles. The number of ketones is 1. The average Bonchev–Trinajstić information content (AvgIpc) is 3.29. The number of nitrogens with zero attached hydrogens (tertiary/aromatic N) is 5. The first-order chi connectivity index (χ1) is 18.5. The minimum absolute atomic E-state index is 0.0254. The van der Waals surface area contributed by atoms with Crippen LogP contribution in [-0.4, -0.2) is 49.3 Å². The maximum atomic E-state index is 13.0. The third-order valence-corrected chi connectivity index (χ3v) is 7.03. The number of benzene rings is 1. The van der Waals surface area contributed by atoms with Crippen molar-refractivity contribution >= 4 is 29.0 Å². The Balaban J connectivity index is 1.45. The van der Waals surface area contributed by atoms with Crippen LogP contribution in [0.1, 0.15) is 41.4 Å². The summed E-state index contributed by atoms with van der Waals surface area (Å²) in [5, 5.41) is 9.75. The number of carboxylic acids is 1. The number of carboxylic acid groups (broad SMARTS) is 1. The number of hydrogen-bond acceptors (Lipinski definition) is 7. The molecule has 1 atom stereocenters. The molecule has 9 nitrogen and oxygen atoms in total. The molecule has 1 fully saturated rings. The van der Waals surface area contributed by atoms with Gasteiger partial charge >= 0.3 is 12.1 Å².